The molecule has 0 saturated carbocycles. The molecule has 0 radical (unpaired) electrons. The molecule has 1 N–H and O–H groups in total. The highest BCUT2D eigenvalue weighted by Crippen LogP contribution is 2.47. The van der Waals surface area contributed by atoms with Gasteiger partial charge in [-0.05, 0) is 41.5 Å². The Hall–Kier alpha value is -1.85. The van der Waals surface area contributed by atoms with Gasteiger partial charge >= 0.3 is 0 Å². The zero-order chi connectivity index (χ0) is 19.0. The summed E-state index contributed by atoms with van der Waals surface area (Å²) in [6, 6.07) is 15.4. The Bertz CT molecular complexity index is 969. The standard InChI is InChI=1S/C21H18Cl2N2OS/c1-25-12-16(17-8-9-18(23)27-17)19(21(26)14-3-2-10-24-11-14)20(25)13-4-6-15(22)7-5-13/h2-11,16,21,26H,12H2,1H3. The van der Waals surface area contributed by atoms with Crippen molar-refractivity contribution >= 4 is 40.2 Å². The van der Waals surface area contributed by atoms with E-state index in [-0.39, 0.29) is 5.92 Å². The van der Waals surface area contributed by atoms with Gasteiger partial charge in [-0.3, -0.25) is 4.98 Å². The van der Waals surface area contributed by atoms with E-state index in [2.05, 4.69) is 16.9 Å². The highest BCUT2D eigenvalue weighted by Gasteiger charge is 2.36. The van der Waals surface area contributed by atoms with E-state index in [1.165, 1.54) is 0 Å². The smallest absolute Gasteiger partial charge is 0.105 e. The molecule has 138 valence electrons. The Morgan fingerprint density at radius 1 is 1.15 bits per heavy atom. The minimum atomic E-state index is -0.750. The molecule has 1 aliphatic heterocycles. The van der Waals surface area contributed by atoms with Crippen LogP contribution in [0, 0.1) is 0 Å². The zero-order valence-electron chi connectivity index (χ0n) is 14.6. The maximum absolute atomic E-state index is 11.3. The van der Waals surface area contributed by atoms with Gasteiger partial charge in [0.2, 0.25) is 0 Å². The Kier molecular flexibility index (Phi) is 5.24. The molecular formula is C21H18Cl2N2OS. The summed E-state index contributed by atoms with van der Waals surface area (Å²) in [5.74, 6) is 0.0633. The van der Waals surface area contributed by atoms with Crippen molar-refractivity contribution in [2.75, 3.05) is 13.6 Å². The molecule has 1 aromatic carbocycles. The predicted molar refractivity (Wildman–Crippen MR) is 112 cm³/mol. The second-order valence-corrected chi connectivity index (χ2v) is 8.76. The molecule has 2 aromatic heterocycles. The zero-order valence-corrected chi connectivity index (χ0v) is 17.0. The third kappa shape index (κ3) is 3.63. The van der Waals surface area contributed by atoms with E-state index in [1.54, 1.807) is 23.7 Å². The van der Waals surface area contributed by atoms with Gasteiger partial charge in [-0.2, -0.15) is 0 Å². The van der Waals surface area contributed by atoms with Crippen molar-refractivity contribution in [1.29, 1.82) is 0 Å². The molecule has 3 heterocycles. The average molecular weight is 417 g/mol. The van der Waals surface area contributed by atoms with Crippen molar-refractivity contribution in [1.82, 2.24) is 9.88 Å². The number of halogens is 2. The lowest BCUT2D eigenvalue weighted by Crippen LogP contribution is -2.15. The summed E-state index contributed by atoms with van der Waals surface area (Å²) in [6.07, 6.45) is 2.68. The number of hydrogen-bond donors (Lipinski definition) is 1. The lowest BCUT2D eigenvalue weighted by molar-refractivity contribution is 0.210. The molecule has 3 nitrogen and oxygen atoms in total. The van der Waals surface area contributed by atoms with Gasteiger partial charge in [-0.1, -0.05) is 41.4 Å². The molecular weight excluding hydrogens is 399 g/mol. The van der Waals surface area contributed by atoms with Gasteiger partial charge in [0, 0.05) is 53.1 Å². The van der Waals surface area contributed by atoms with Crippen LogP contribution < -0.4 is 0 Å². The Balaban J connectivity index is 1.88. The molecule has 2 atom stereocenters. The number of likely N-dealkylation sites (N-methyl/N-ethyl adjacent to an activating group) is 1. The Morgan fingerprint density at radius 2 is 1.93 bits per heavy atom. The van der Waals surface area contributed by atoms with Crippen LogP contribution in [0.25, 0.3) is 5.70 Å². The van der Waals surface area contributed by atoms with E-state index in [1.807, 2.05) is 48.5 Å². The third-order valence-electron chi connectivity index (χ3n) is 4.84. The summed E-state index contributed by atoms with van der Waals surface area (Å²) in [5, 5.41) is 12.0. The van der Waals surface area contributed by atoms with Crippen LogP contribution in [0.15, 0.2) is 66.5 Å². The summed E-state index contributed by atoms with van der Waals surface area (Å²) >= 11 is 13.8. The lowest BCUT2D eigenvalue weighted by atomic mass is 9.89. The van der Waals surface area contributed by atoms with E-state index in [9.17, 15) is 5.11 Å². The molecule has 0 spiro atoms. The molecule has 1 aliphatic rings. The van der Waals surface area contributed by atoms with Crippen LogP contribution in [0.3, 0.4) is 0 Å². The van der Waals surface area contributed by atoms with Crippen LogP contribution in [0.5, 0.6) is 0 Å². The SMILES string of the molecule is CN1CC(c2ccc(Cl)s2)C(C(O)c2cccnc2)=C1c1ccc(Cl)cc1. The van der Waals surface area contributed by atoms with Crippen molar-refractivity contribution in [2.45, 2.75) is 12.0 Å². The maximum Gasteiger partial charge on any atom is 0.105 e. The topological polar surface area (TPSA) is 36.4 Å². The summed E-state index contributed by atoms with van der Waals surface area (Å²) in [5.41, 5.74) is 3.80. The third-order valence-corrected chi connectivity index (χ3v) is 6.43. The summed E-state index contributed by atoms with van der Waals surface area (Å²) in [6.45, 7) is 0.779. The average Bonchev–Trinajstić information content (AvgIpc) is 3.26. The highest BCUT2D eigenvalue weighted by molar-refractivity contribution is 7.16. The molecule has 4 rings (SSSR count). The summed E-state index contributed by atoms with van der Waals surface area (Å²) < 4.78 is 0.753. The second kappa shape index (κ2) is 7.64. The number of benzene rings is 1. The number of hydrogen-bond acceptors (Lipinski definition) is 4. The number of pyridine rings is 1. The van der Waals surface area contributed by atoms with Gasteiger partial charge in [-0.25, -0.2) is 0 Å². The summed E-state index contributed by atoms with van der Waals surface area (Å²) in [7, 11) is 2.05. The first-order valence-corrected chi connectivity index (χ1v) is 10.2. The quantitative estimate of drug-likeness (QED) is 0.598. The molecule has 27 heavy (non-hydrogen) atoms. The van der Waals surface area contributed by atoms with E-state index < -0.39 is 6.10 Å². The van der Waals surface area contributed by atoms with E-state index >= 15 is 0 Å². The molecule has 0 amide bonds. The predicted octanol–water partition coefficient (Wildman–Crippen LogP) is 5.62. The number of aromatic nitrogens is 1. The number of aliphatic hydroxyl groups excluding tert-OH is 1. The first-order valence-electron chi connectivity index (χ1n) is 8.59. The van der Waals surface area contributed by atoms with Gasteiger partial charge in [0.05, 0.1) is 4.34 Å². The molecule has 0 saturated heterocycles. The second-order valence-electron chi connectivity index (χ2n) is 6.57. The van der Waals surface area contributed by atoms with Gasteiger partial charge in [0.25, 0.3) is 0 Å². The summed E-state index contributed by atoms with van der Waals surface area (Å²) in [4.78, 5) is 7.51. The number of aliphatic hydroxyl groups is 1. The number of thiophene rings is 1. The van der Waals surface area contributed by atoms with E-state index in [0.29, 0.717) is 5.02 Å². The van der Waals surface area contributed by atoms with Crippen LogP contribution in [0.1, 0.15) is 28.0 Å². The van der Waals surface area contributed by atoms with E-state index in [0.717, 1.165) is 38.2 Å². The van der Waals surface area contributed by atoms with Crippen molar-refractivity contribution < 1.29 is 5.11 Å². The van der Waals surface area contributed by atoms with Crippen LogP contribution in [0.4, 0.5) is 0 Å². The first kappa shape index (κ1) is 18.5. The monoisotopic (exact) mass is 416 g/mol. The number of nitrogens with zero attached hydrogens (tertiary/aromatic N) is 2. The van der Waals surface area contributed by atoms with Gasteiger partial charge in [0.15, 0.2) is 0 Å². The van der Waals surface area contributed by atoms with Crippen LogP contribution in [-0.2, 0) is 0 Å². The van der Waals surface area contributed by atoms with Crippen LogP contribution >= 0.6 is 34.5 Å². The van der Waals surface area contributed by atoms with Crippen LogP contribution in [0.2, 0.25) is 9.36 Å². The van der Waals surface area contributed by atoms with Crippen LogP contribution in [-0.4, -0.2) is 28.6 Å². The first-order chi connectivity index (χ1) is 13.0. The van der Waals surface area contributed by atoms with E-state index in [4.69, 9.17) is 23.2 Å². The largest absolute Gasteiger partial charge is 0.384 e. The number of rotatable bonds is 4. The minimum Gasteiger partial charge on any atom is -0.384 e. The lowest BCUT2D eigenvalue weighted by Gasteiger charge is -2.20. The van der Waals surface area contributed by atoms with Gasteiger partial charge in [-0.15, -0.1) is 11.3 Å². The molecule has 6 heteroatoms. The van der Waals surface area contributed by atoms with Gasteiger partial charge in [0.1, 0.15) is 6.10 Å². The molecule has 0 bridgehead atoms. The van der Waals surface area contributed by atoms with Crippen molar-refractivity contribution in [3.05, 3.63) is 91.9 Å². The molecule has 0 fully saturated rings. The fourth-order valence-corrected chi connectivity index (χ4v) is 4.94. The van der Waals surface area contributed by atoms with Crippen molar-refractivity contribution in [3.8, 4) is 0 Å². The minimum absolute atomic E-state index is 0.0633. The van der Waals surface area contributed by atoms with Crippen molar-refractivity contribution in [3.63, 3.8) is 0 Å². The van der Waals surface area contributed by atoms with Crippen molar-refractivity contribution in [2.24, 2.45) is 0 Å². The Morgan fingerprint density at radius 3 is 2.56 bits per heavy atom. The maximum atomic E-state index is 11.3. The van der Waals surface area contributed by atoms with Gasteiger partial charge < -0.3 is 10.0 Å². The Labute approximate surface area is 172 Å². The fraction of sp³-hybridized carbons (Fsp3) is 0.190. The molecule has 2 unspecified atom stereocenters. The molecule has 3 aromatic rings. The normalized spacial score (nSPS) is 18.2. The fourth-order valence-electron chi connectivity index (χ4n) is 3.64. The molecule has 0 aliphatic carbocycles. The highest BCUT2D eigenvalue weighted by atomic mass is 35.5.